The van der Waals surface area contributed by atoms with Crippen LogP contribution in [-0.2, 0) is 9.59 Å². The van der Waals surface area contributed by atoms with Crippen LogP contribution in [0, 0.1) is 0 Å². The van der Waals surface area contributed by atoms with E-state index in [1.54, 1.807) is 18.2 Å². The number of fused-ring (bicyclic) bond motifs is 1. The highest BCUT2D eigenvalue weighted by atomic mass is 35.5. The standard InChI is InChI=1S/C19H26ClN3O3/c1-19(2,13-22-9-4-3-5-10-22)21-16(24)11-23-15-8-6-7-14(20)18(15)26-12-17(23)25/h6-8H,3-5,9-13H2,1-2H3,(H,21,24). The van der Waals surface area contributed by atoms with E-state index in [0.717, 1.165) is 19.6 Å². The summed E-state index contributed by atoms with van der Waals surface area (Å²) in [4.78, 5) is 28.7. The molecule has 2 amide bonds. The van der Waals surface area contributed by atoms with Gasteiger partial charge in [-0.2, -0.15) is 0 Å². The van der Waals surface area contributed by atoms with E-state index in [1.807, 2.05) is 13.8 Å². The number of amides is 2. The molecule has 7 heteroatoms. The Morgan fingerprint density at radius 3 is 2.73 bits per heavy atom. The lowest BCUT2D eigenvalue weighted by Gasteiger charge is -2.36. The Morgan fingerprint density at radius 2 is 2.00 bits per heavy atom. The summed E-state index contributed by atoms with van der Waals surface area (Å²) in [6.45, 7) is 6.84. The van der Waals surface area contributed by atoms with Crippen molar-refractivity contribution in [1.82, 2.24) is 10.2 Å². The summed E-state index contributed by atoms with van der Waals surface area (Å²) in [5.74, 6) is 0.0195. The summed E-state index contributed by atoms with van der Waals surface area (Å²) in [5.41, 5.74) is 0.179. The molecule has 1 N–H and O–H groups in total. The highest BCUT2D eigenvalue weighted by Gasteiger charge is 2.31. The second-order valence-corrected chi connectivity index (χ2v) is 8.03. The third-order valence-electron chi connectivity index (χ3n) is 4.73. The number of anilines is 1. The number of ether oxygens (including phenoxy) is 1. The SMILES string of the molecule is CC(C)(CN1CCCCC1)NC(=O)CN1C(=O)COc2c(Cl)cccc21. The lowest BCUT2D eigenvalue weighted by Crippen LogP contribution is -2.55. The summed E-state index contributed by atoms with van der Waals surface area (Å²) >= 11 is 6.14. The van der Waals surface area contributed by atoms with Crippen molar-refractivity contribution in [2.24, 2.45) is 0 Å². The molecule has 1 aromatic rings. The average molecular weight is 380 g/mol. The number of carbonyl (C=O) groups excluding carboxylic acids is 2. The van der Waals surface area contributed by atoms with E-state index < -0.39 is 0 Å². The third kappa shape index (κ3) is 4.48. The van der Waals surface area contributed by atoms with Gasteiger partial charge in [-0.15, -0.1) is 0 Å². The molecular formula is C19H26ClN3O3. The van der Waals surface area contributed by atoms with Gasteiger partial charge in [-0.05, 0) is 51.9 Å². The van der Waals surface area contributed by atoms with E-state index in [1.165, 1.54) is 24.2 Å². The predicted octanol–water partition coefficient (Wildman–Crippen LogP) is 2.45. The first-order chi connectivity index (χ1) is 12.4. The van der Waals surface area contributed by atoms with Crippen molar-refractivity contribution in [2.45, 2.75) is 38.6 Å². The Labute approximate surface area is 159 Å². The third-order valence-corrected chi connectivity index (χ3v) is 5.02. The van der Waals surface area contributed by atoms with Crippen LogP contribution in [0.1, 0.15) is 33.1 Å². The normalized spacial score (nSPS) is 18.3. The van der Waals surface area contributed by atoms with Gasteiger partial charge in [0.15, 0.2) is 12.4 Å². The Bertz CT molecular complexity index is 687. The summed E-state index contributed by atoms with van der Waals surface area (Å²) in [6.07, 6.45) is 3.71. The zero-order chi connectivity index (χ0) is 18.7. The van der Waals surface area contributed by atoms with E-state index in [4.69, 9.17) is 16.3 Å². The fourth-order valence-corrected chi connectivity index (χ4v) is 3.87. The minimum absolute atomic E-state index is 0.0427. The van der Waals surface area contributed by atoms with Gasteiger partial charge in [0.1, 0.15) is 6.54 Å². The van der Waals surface area contributed by atoms with Gasteiger partial charge in [0.2, 0.25) is 5.91 Å². The molecule has 0 unspecified atom stereocenters. The molecule has 0 radical (unpaired) electrons. The number of nitrogens with zero attached hydrogens (tertiary/aromatic N) is 2. The first-order valence-corrected chi connectivity index (χ1v) is 9.48. The molecule has 0 bridgehead atoms. The summed E-state index contributed by atoms with van der Waals surface area (Å²) < 4.78 is 5.42. The monoisotopic (exact) mass is 379 g/mol. The van der Waals surface area contributed by atoms with Gasteiger partial charge >= 0.3 is 0 Å². The molecule has 1 aromatic carbocycles. The van der Waals surface area contributed by atoms with Crippen LogP contribution < -0.4 is 15.0 Å². The maximum atomic E-state index is 12.6. The molecule has 6 nitrogen and oxygen atoms in total. The lowest BCUT2D eigenvalue weighted by atomic mass is 10.0. The van der Waals surface area contributed by atoms with Crippen molar-refractivity contribution < 1.29 is 14.3 Å². The molecule has 2 heterocycles. The highest BCUT2D eigenvalue weighted by Crippen LogP contribution is 2.37. The highest BCUT2D eigenvalue weighted by molar-refractivity contribution is 6.32. The lowest BCUT2D eigenvalue weighted by molar-refractivity contribution is -0.126. The summed E-state index contributed by atoms with van der Waals surface area (Å²) in [6, 6.07) is 5.19. The minimum atomic E-state index is -0.360. The van der Waals surface area contributed by atoms with Crippen LogP contribution in [0.25, 0.3) is 0 Å². The topological polar surface area (TPSA) is 61.9 Å². The number of hydrogen-bond acceptors (Lipinski definition) is 4. The number of halogens is 1. The van der Waals surface area contributed by atoms with Gasteiger partial charge in [-0.25, -0.2) is 0 Å². The summed E-state index contributed by atoms with van der Waals surface area (Å²) in [5, 5.41) is 3.50. The van der Waals surface area contributed by atoms with Crippen LogP contribution in [0.15, 0.2) is 18.2 Å². The molecule has 1 saturated heterocycles. The Morgan fingerprint density at radius 1 is 1.27 bits per heavy atom. The van der Waals surface area contributed by atoms with Crippen LogP contribution >= 0.6 is 11.6 Å². The fourth-order valence-electron chi connectivity index (χ4n) is 3.65. The molecule has 0 spiro atoms. The molecule has 2 aliphatic rings. The molecule has 0 aromatic heterocycles. The van der Waals surface area contributed by atoms with E-state index in [0.29, 0.717) is 16.5 Å². The molecule has 2 aliphatic heterocycles. The van der Waals surface area contributed by atoms with E-state index in [-0.39, 0.29) is 30.5 Å². The van der Waals surface area contributed by atoms with E-state index in [2.05, 4.69) is 10.2 Å². The van der Waals surface area contributed by atoms with Crippen molar-refractivity contribution in [3.8, 4) is 5.75 Å². The average Bonchev–Trinajstić information content (AvgIpc) is 2.57. The molecule has 142 valence electrons. The Hall–Kier alpha value is -1.79. The first kappa shape index (κ1) is 19.0. The second kappa shape index (κ2) is 7.84. The maximum Gasteiger partial charge on any atom is 0.265 e. The second-order valence-electron chi connectivity index (χ2n) is 7.63. The van der Waals surface area contributed by atoms with Crippen LogP contribution in [-0.4, -0.2) is 55.0 Å². The number of rotatable bonds is 5. The number of hydrogen-bond donors (Lipinski definition) is 1. The number of likely N-dealkylation sites (tertiary alicyclic amines) is 1. The molecule has 26 heavy (non-hydrogen) atoms. The molecular weight excluding hydrogens is 354 g/mol. The number of nitrogens with one attached hydrogen (secondary N) is 1. The number of benzene rings is 1. The van der Waals surface area contributed by atoms with Gasteiger partial charge in [-0.1, -0.05) is 24.1 Å². The number of piperidine rings is 1. The van der Waals surface area contributed by atoms with Gasteiger partial charge in [0, 0.05) is 12.1 Å². The number of para-hydroxylation sites is 1. The van der Waals surface area contributed by atoms with Gasteiger partial charge < -0.3 is 15.0 Å². The van der Waals surface area contributed by atoms with E-state index in [9.17, 15) is 9.59 Å². The smallest absolute Gasteiger partial charge is 0.265 e. The molecule has 0 atom stereocenters. The van der Waals surface area contributed by atoms with Crippen LogP contribution in [0.3, 0.4) is 0 Å². The van der Waals surface area contributed by atoms with Crippen LogP contribution in [0.4, 0.5) is 5.69 Å². The molecule has 3 rings (SSSR count). The predicted molar refractivity (Wildman–Crippen MR) is 102 cm³/mol. The van der Waals surface area contributed by atoms with Crippen molar-refractivity contribution in [1.29, 1.82) is 0 Å². The van der Waals surface area contributed by atoms with Crippen LogP contribution in [0.5, 0.6) is 5.75 Å². The van der Waals surface area contributed by atoms with Crippen molar-refractivity contribution >= 4 is 29.1 Å². The van der Waals surface area contributed by atoms with Gasteiger partial charge in [-0.3, -0.25) is 14.5 Å². The maximum absolute atomic E-state index is 12.6. The molecule has 1 fully saturated rings. The Balaban J connectivity index is 1.64. The van der Waals surface area contributed by atoms with Crippen LogP contribution in [0.2, 0.25) is 5.02 Å². The largest absolute Gasteiger partial charge is 0.480 e. The molecule has 0 saturated carbocycles. The van der Waals surface area contributed by atoms with Crippen molar-refractivity contribution in [2.75, 3.05) is 37.7 Å². The number of carbonyl (C=O) groups is 2. The zero-order valence-corrected chi connectivity index (χ0v) is 16.1. The summed E-state index contributed by atoms with van der Waals surface area (Å²) in [7, 11) is 0. The van der Waals surface area contributed by atoms with E-state index >= 15 is 0 Å². The van der Waals surface area contributed by atoms with Crippen molar-refractivity contribution in [3.63, 3.8) is 0 Å². The quantitative estimate of drug-likeness (QED) is 0.853. The van der Waals surface area contributed by atoms with Gasteiger partial charge in [0.25, 0.3) is 5.91 Å². The Kier molecular flexibility index (Phi) is 5.73. The first-order valence-electron chi connectivity index (χ1n) is 9.11. The van der Waals surface area contributed by atoms with Gasteiger partial charge in [0.05, 0.1) is 10.7 Å². The molecule has 0 aliphatic carbocycles. The van der Waals surface area contributed by atoms with Crippen molar-refractivity contribution in [3.05, 3.63) is 23.2 Å². The minimum Gasteiger partial charge on any atom is -0.480 e. The zero-order valence-electron chi connectivity index (χ0n) is 15.4. The fraction of sp³-hybridized carbons (Fsp3) is 0.579.